The van der Waals surface area contributed by atoms with Crippen LogP contribution < -0.4 is 5.73 Å². The Morgan fingerprint density at radius 2 is 1.75 bits per heavy atom. The lowest BCUT2D eigenvalue weighted by molar-refractivity contribution is -0.0366. The van der Waals surface area contributed by atoms with Crippen LogP contribution in [0.5, 0.6) is 0 Å². The summed E-state index contributed by atoms with van der Waals surface area (Å²) in [4.78, 5) is 0. The van der Waals surface area contributed by atoms with E-state index in [-0.39, 0.29) is 18.6 Å². The first kappa shape index (κ1) is 15.6. The van der Waals surface area contributed by atoms with E-state index in [9.17, 15) is 10.2 Å². The summed E-state index contributed by atoms with van der Waals surface area (Å²) in [6.45, 7) is 10.1. The van der Waals surface area contributed by atoms with Crippen molar-refractivity contribution in [3.63, 3.8) is 0 Å². The van der Waals surface area contributed by atoms with Crippen LogP contribution in [-0.2, 0) is 0 Å². The molecule has 0 rings (SSSR count). The first-order valence-corrected chi connectivity index (χ1v) is 6.03. The summed E-state index contributed by atoms with van der Waals surface area (Å²) in [6, 6.07) is 0. The van der Waals surface area contributed by atoms with Crippen molar-refractivity contribution in [1.82, 2.24) is 0 Å². The van der Waals surface area contributed by atoms with E-state index in [1.54, 1.807) is 6.92 Å². The van der Waals surface area contributed by atoms with Crippen molar-refractivity contribution >= 4 is 0 Å². The molecule has 0 saturated carbocycles. The molecule has 0 amide bonds. The number of hydrogen-bond acceptors (Lipinski definition) is 3. The van der Waals surface area contributed by atoms with Gasteiger partial charge in [0, 0.05) is 12.0 Å². The predicted octanol–water partition coefficient (Wildman–Crippen LogP) is 1.83. The monoisotopic (exact) mass is 229 g/mol. The summed E-state index contributed by atoms with van der Waals surface area (Å²) in [6.07, 6.45) is 1.63. The highest BCUT2D eigenvalue weighted by atomic mass is 16.3. The third kappa shape index (κ3) is 2.65. The van der Waals surface area contributed by atoms with Crippen LogP contribution in [0.25, 0.3) is 0 Å². The minimum Gasteiger partial charge on any atom is -0.392 e. The second-order valence-electron chi connectivity index (χ2n) is 4.93. The topological polar surface area (TPSA) is 66.5 Å². The van der Waals surface area contributed by atoms with Gasteiger partial charge in [0.2, 0.25) is 0 Å². The van der Waals surface area contributed by atoms with Gasteiger partial charge in [-0.1, -0.05) is 26.3 Å². The van der Waals surface area contributed by atoms with Crippen LogP contribution in [0, 0.1) is 5.41 Å². The van der Waals surface area contributed by atoms with Crippen molar-refractivity contribution in [2.24, 2.45) is 11.1 Å². The van der Waals surface area contributed by atoms with Crippen molar-refractivity contribution in [1.29, 1.82) is 0 Å². The van der Waals surface area contributed by atoms with Gasteiger partial charge in [-0.15, -0.1) is 0 Å². The summed E-state index contributed by atoms with van der Waals surface area (Å²) >= 11 is 0. The Kier molecular flexibility index (Phi) is 5.66. The molecule has 0 aromatic carbocycles. The van der Waals surface area contributed by atoms with Gasteiger partial charge in [0.25, 0.3) is 0 Å². The van der Waals surface area contributed by atoms with Crippen LogP contribution in [0.1, 0.15) is 47.5 Å². The fourth-order valence-electron chi connectivity index (χ4n) is 2.40. The normalized spacial score (nSPS) is 21.0. The molecular weight excluding hydrogens is 202 g/mol. The van der Waals surface area contributed by atoms with Gasteiger partial charge < -0.3 is 15.9 Å². The van der Waals surface area contributed by atoms with Gasteiger partial charge in [-0.3, -0.25) is 0 Å². The molecule has 16 heavy (non-hydrogen) atoms. The van der Waals surface area contributed by atoms with E-state index >= 15 is 0 Å². The van der Waals surface area contributed by atoms with Crippen LogP contribution in [0.3, 0.4) is 0 Å². The molecular formula is C13H27NO2. The zero-order valence-electron chi connectivity index (χ0n) is 11.3. The van der Waals surface area contributed by atoms with E-state index < -0.39 is 5.60 Å². The third-order valence-electron chi connectivity index (χ3n) is 4.07. The Morgan fingerprint density at radius 1 is 1.25 bits per heavy atom. The SMILES string of the molecule is CC/C(=C(\C)CO)[C@](C)(CC)[C@](C)(O)CN. The van der Waals surface area contributed by atoms with Gasteiger partial charge in [0.15, 0.2) is 0 Å². The summed E-state index contributed by atoms with van der Waals surface area (Å²) in [5.74, 6) is 0. The molecule has 0 unspecified atom stereocenters. The number of aliphatic hydroxyl groups is 2. The largest absolute Gasteiger partial charge is 0.392 e. The Labute approximate surface area is 99.4 Å². The zero-order valence-corrected chi connectivity index (χ0v) is 11.3. The van der Waals surface area contributed by atoms with Crippen molar-refractivity contribution in [2.75, 3.05) is 13.2 Å². The van der Waals surface area contributed by atoms with E-state index in [0.29, 0.717) is 0 Å². The van der Waals surface area contributed by atoms with Crippen molar-refractivity contribution in [3.05, 3.63) is 11.1 Å². The summed E-state index contributed by atoms with van der Waals surface area (Å²) in [5, 5.41) is 19.7. The summed E-state index contributed by atoms with van der Waals surface area (Å²) in [7, 11) is 0. The predicted molar refractivity (Wildman–Crippen MR) is 68.2 cm³/mol. The molecule has 4 N–H and O–H groups in total. The lowest BCUT2D eigenvalue weighted by Gasteiger charge is -2.44. The lowest BCUT2D eigenvalue weighted by Crippen LogP contribution is -2.50. The maximum atomic E-state index is 10.4. The molecule has 3 heteroatoms. The van der Waals surface area contributed by atoms with Crippen LogP contribution in [0.2, 0.25) is 0 Å². The number of hydrogen-bond donors (Lipinski definition) is 3. The smallest absolute Gasteiger partial charge is 0.0831 e. The molecule has 0 heterocycles. The molecule has 0 aliphatic heterocycles. The van der Waals surface area contributed by atoms with Crippen LogP contribution in [-0.4, -0.2) is 29.0 Å². The molecule has 0 aromatic heterocycles. The quantitative estimate of drug-likeness (QED) is 0.609. The lowest BCUT2D eigenvalue weighted by atomic mass is 9.65. The van der Waals surface area contributed by atoms with Crippen molar-refractivity contribution in [2.45, 2.75) is 53.1 Å². The van der Waals surface area contributed by atoms with E-state index in [2.05, 4.69) is 6.92 Å². The molecule has 3 nitrogen and oxygen atoms in total. The molecule has 0 radical (unpaired) electrons. The second-order valence-corrected chi connectivity index (χ2v) is 4.93. The molecule has 0 aliphatic rings. The average molecular weight is 229 g/mol. The maximum Gasteiger partial charge on any atom is 0.0831 e. The first-order chi connectivity index (χ1) is 7.30. The molecule has 0 aliphatic carbocycles. The highest BCUT2D eigenvalue weighted by molar-refractivity contribution is 5.24. The van der Waals surface area contributed by atoms with Gasteiger partial charge in [-0.25, -0.2) is 0 Å². The molecule has 0 saturated heterocycles. The van der Waals surface area contributed by atoms with E-state index in [4.69, 9.17) is 5.73 Å². The minimum absolute atomic E-state index is 0.0411. The first-order valence-electron chi connectivity index (χ1n) is 6.03. The van der Waals surface area contributed by atoms with Crippen molar-refractivity contribution in [3.8, 4) is 0 Å². The molecule has 0 fully saturated rings. The Bertz CT molecular complexity index is 259. The number of nitrogens with two attached hydrogens (primary N) is 1. The van der Waals surface area contributed by atoms with Gasteiger partial charge in [-0.2, -0.15) is 0 Å². The summed E-state index contributed by atoms with van der Waals surface area (Å²) in [5.41, 5.74) is 6.42. The van der Waals surface area contributed by atoms with Gasteiger partial charge >= 0.3 is 0 Å². The highest BCUT2D eigenvalue weighted by Gasteiger charge is 2.43. The molecule has 0 bridgehead atoms. The molecule has 2 atom stereocenters. The van der Waals surface area contributed by atoms with E-state index in [1.165, 1.54) is 0 Å². The van der Waals surface area contributed by atoms with Crippen LogP contribution >= 0.6 is 0 Å². The van der Waals surface area contributed by atoms with Crippen molar-refractivity contribution < 1.29 is 10.2 Å². The van der Waals surface area contributed by atoms with E-state index in [1.807, 2.05) is 20.8 Å². The molecule has 96 valence electrons. The average Bonchev–Trinajstić information content (AvgIpc) is 2.28. The standard InChI is InChI=1S/C13H27NO2/c1-6-11(10(3)8-15)12(4,7-2)13(5,16)9-14/h15-16H,6-9,14H2,1-5H3/b11-10-/t12-,13+/m0/s1. The Hall–Kier alpha value is -0.380. The highest BCUT2D eigenvalue weighted by Crippen LogP contribution is 2.43. The molecule has 0 aromatic rings. The number of rotatable bonds is 6. The van der Waals surface area contributed by atoms with Gasteiger partial charge in [-0.05, 0) is 32.3 Å². The Morgan fingerprint density at radius 3 is 2.00 bits per heavy atom. The van der Waals surface area contributed by atoms with E-state index in [0.717, 1.165) is 24.0 Å². The fourth-order valence-corrected chi connectivity index (χ4v) is 2.40. The Balaban J connectivity index is 5.56. The van der Waals surface area contributed by atoms with Gasteiger partial charge in [0.05, 0.1) is 12.2 Å². The maximum absolute atomic E-state index is 10.4. The van der Waals surface area contributed by atoms with Crippen LogP contribution in [0.15, 0.2) is 11.1 Å². The number of aliphatic hydroxyl groups excluding tert-OH is 1. The fraction of sp³-hybridized carbons (Fsp3) is 0.846. The summed E-state index contributed by atoms with van der Waals surface area (Å²) < 4.78 is 0. The van der Waals surface area contributed by atoms with Crippen LogP contribution in [0.4, 0.5) is 0 Å². The third-order valence-corrected chi connectivity index (χ3v) is 4.07. The van der Waals surface area contributed by atoms with Gasteiger partial charge in [0.1, 0.15) is 0 Å². The second kappa shape index (κ2) is 5.80. The molecule has 0 spiro atoms. The minimum atomic E-state index is -0.941. The zero-order chi connectivity index (χ0) is 13.0.